The van der Waals surface area contributed by atoms with E-state index in [4.69, 9.17) is 9.47 Å². The second kappa shape index (κ2) is 7.89. The number of thiophene rings is 1. The Hall–Kier alpha value is -1.43. The summed E-state index contributed by atoms with van der Waals surface area (Å²) in [6.45, 7) is 2.88. The van der Waals surface area contributed by atoms with Gasteiger partial charge in [-0.15, -0.1) is 0 Å². The van der Waals surface area contributed by atoms with Gasteiger partial charge in [0.25, 0.3) is 0 Å². The highest BCUT2D eigenvalue weighted by atomic mass is 32.1. The minimum absolute atomic E-state index is 0.594. The molecule has 19 heavy (non-hydrogen) atoms. The fourth-order valence-corrected chi connectivity index (χ4v) is 2.19. The van der Waals surface area contributed by atoms with Crippen molar-refractivity contribution in [2.45, 2.75) is 13.2 Å². The molecule has 2 aromatic heterocycles. The number of methoxy groups -OCH3 is 1. The number of rotatable bonds is 8. The molecule has 0 aliphatic rings. The molecule has 0 spiro atoms. The molecule has 0 unspecified atom stereocenters. The van der Waals surface area contributed by atoms with Crippen LogP contribution in [0.1, 0.15) is 11.3 Å². The topological polar surface area (TPSA) is 43.4 Å². The summed E-state index contributed by atoms with van der Waals surface area (Å²) in [4.78, 5) is 4.35. The maximum Gasteiger partial charge on any atom is 0.138 e. The van der Waals surface area contributed by atoms with E-state index in [0.29, 0.717) is 13.2 Å². The molecule has 0 aliphatic carbocycles. The number of hydrogen-bond donors (Lipinski definition) is 1. The molecule has 0 saturated heterocycles. The number of nitrogens with zero attached hydrogens (tertiary/aromatic N) is 1. The summed E-state index contributed by atoms with van der Waals surface area (Å²) in [6.07, 6.45) is 1.76. The van der Waals surface area contributed by atoms with Crippen molar-refractivity contribution < 1.29 is 9.47 Å². The van der Waals surface area contributed by atoms with E-state index in [1.54, 1.807) is 24.6 Å². The van der Waals surface area contributed by atoms with E-state index in [1.807, 2.05) is 17.5 Å². The Morgan fingerprint density at radius 3 is 2.95 bits per heavy atom. The SMILES string of the molecule is COCCNCc1ccc(OCc2ccsc2)cn1. The minimum atomic E-state index is 0.594. The summed E-state index contributed by atoms with van der Waals surface area (Å²) in [5.41, 5.74) is 2.19. The molecule has 2 heterocycles. The zero-order chi connectivity index (χ0) is 13.3. The molecule has 0 aromatic carbocycles. The Kier molecular flexibility index (Phi) is 5.81. The molecule has 1 N–H and O–H groups in total. The molecule has 0 bridgehead atoms. The lowest BCUT2D eigenvalue weighted by atomic mass is 10.3. The van der Waals surface area contributed by atoms with Crippen molar-refractivity contribution >= 4 is 11.3 Å². The highest BCUT2D eigenvalue weighted by Crippen LogP contribution is 2.13. The summed E-state index contributed by atoms with van der Waals surface area (Å²) < 4.78 is 10.6. The van der Waals surface area contributed by atoms with Crippen molar-refractivity contribution in [1.82, 2.24) is 10.3 Å². The van der Waals surface area contributed by atoms with Crippen LogP contribution in [0.25, 0.3) is 0 Å². The third-order valence-corrected chi connectivity index (χ3v) is 3.30. The molecular formula is C14H18N2O2S. The van der Waals surface area contributed by atoms with Crippen LogP contribution in [0.5, 0.6) is 5.75 Å². The Balaban J connectivity index is 1.74. The van der Waals surface area contributed by atoms with Crippen LogP contribution in [0.4, 0.5) is 0 Å². The zero-order valence-corrected chi connectivity index (χ0v) is 11.8. The molecule has 5 heteroatoms. The summed E-state index contributed by atoms with van der Waals surface area (Å²) in [7, 11) is 1.69. The molecule has 2 rings (SSSR count). The van der Waals surface area contributed by atoms with Crippen LogP contribution in [0, 0.1) is 0 Å². The van der Waals surface area contributed by atoms with E-state index in [-0.39, 0.29) is 0 Å². The molecule has 0 fully saturated rings. The van der Waals surface area contributed by atoms with E-state index in [2.05, 4.69) is 21.7 Å². The monoisotopic (exact) mass is 278 g/mol. The molecule has 102 valence electrons. The lowest BCUT2D eigenvalue weighted by Gasteiger charge is -2.06. The maximum atomic E-state index is 5.65. The van der Waals surface area contributed by atoms with Crippen molar-refractivity contribution in [2.75, 3.05) is 20.3 Å². The third kappa shape index (κ3) is 4.98. The largest absolute Gasteiger partial charge is 0.487 e. The number of hydrogen-bond acceptors (Lipinski definition) is 5. The summed E-state index contributed by atoms with van der Waals surface area (Å²) in [6, 6.07) is 5.99. The van der Waals surface area contributed by atoms with Gasteiger partial charge in [0.15, 0.2) is 0 Å². The normalized spacial score (nSPS) is 10.6. The van der Waals surface area contributed by atoms with Gasteiger partial charge in [0.1, 0.15) is 12.4 Å². The van der Waals surface area contributed by atoms with Gasteiger partial charge < -0.3 is 14.8 Å². The zero-order valence-electron chi connectivity index (χ0n) is 11.0. The molecular weight excluding hydrogens is 260 g/mol. The molecule has 0 aliphatic heterocycles. The van der Waals surface area contributed by atoms with Gasteiger partial charge in [-0.2, -0.15) is 11.3 Å². The molecule has 0 radical (unpaired) electrons. The van der Waals surface area contributed by atoms with Gasteiger partial charge in [-0.25, -0.2) is 0 Å². The van der Waals surface area contributed by atoms with Crippen molar-refractivity contribution in [3.63, 3.8) is 0 Å². The molecule has 0 saturated carbocycles. The molecule has 0 atom stereocenters. The van der Waals surface area contributed by atoms with E-state index >= 15 is 0 Å². The first-order valence-corrected chi connectivity index (χ1v) is 7.11. The maximum absolute atomic E-state index is 5.65. The van der Waals surface area contributed by atoms with Gasteiger partial charge >= 0.3 is 0 Å². The van der Waals surface area contributed by atoms with Crippen molar-refractivity contribution in [3.8, 4) is 5.75 Å². The van der Waals surface area contributed by atoms with Crippen LogP contribution < -0.4 is 10.1 Å². The lowest BCUT2D eigenvalue weighted by molar-refractivity contribution is 0.199. The van der Waals surface area contributed by atoms with Gasteiger partial charge in [0, 0.05) is 20.2 Å². The Labute approximate surface area is 117 Å². The van der Waals surface area contributed by atoms with Crippen molar-refractivity contribution in [2.24, 2.45) is 0 Å². The van der Waals surface area contributed by atoms with Crippen LogP contribution in [0.2, 0.25) is 0 Å². The van der Waals surface area contributed by atoms with Gasteiger partial charge in [-0.3, -0.25) is 4.98 Å². The summed E-state index contributed by atoms with van der Waals surface area (Å²) in [5.74, 6) is 0.798. The van der Waals surface area contributed by atoms with E-state index in [1.165, 1.54) is 5.56 Å². The third-order valence-electron chi connectivity index (χ3n) is 2.57. The highest BCUT2D eigenvalue weighted by molar-refractivity contribution is 7.07. The predicted molar refractivity (Wildman–Crippen MR) is 76.5 cm³/mol. The predicted octanol–water partition coefficient (Wildman–Crippen LogP) is 2.46. The summed E-state index contributed by atoms with van der Waals surface area (Å²) in [5, 5.41) is 7.38. The number of ether oxygens (including phenoxy) is 2. The average molecular weight is 278 g/mol. The van der Waals surface area contributed by atoms with E-state index in [0.717, 1.165) is 24.5 Å². The first-order valence-electron chi connectivity index (χ1n) is 6.17. The molecule has 4 nitrogen and oxygen atoms in total. The van der Waals surface area contributed by atoms with Crippen LogP contribution in [-0.4, -0.2) is 25.2 Å². The van der Waals surface area contributed by atoms with Crippen LogP contribution in [-0.2, 0) is 17.9 Å². The van der Waals surface area contributed by atoms with E-state index in [9.17, 15) is 0 Å². The standard InChI is InChI=1S/C14H18N2O2S/c1-17-6-5-15-8-13-2-3-14(9-16-13)18-10-12-4-7-19-11-12/h2-4,7,9,11,15H,5-6,8,10H2,1H3. The second-order valence-corrected chi connectivity index (χ2v) is 4.86. The van der Waals surface area contributed by atoms with E-state index < -0.39 is 0 Å². The summed E-state index contributed by atoms with van der Waals surface area (Å²) >= 11 is 1.68. The van der Waals surface area contributed by atoms with Crippen LogP contribution in [0.3, 0.4) is 0 Å². The fourth-order valence-electron chi connectivity index (χ4n) is 1.53. The highest BCUT2D eigenvalue weighted by Gasteiger charge is 1.98. The van der Waals surface area contributed by atoms with Crippen molar-refractivity contribution in [1.29, 1.82) is 0 Å². The van der Waals surface area contributed by atoms with Crippen LogP contribution in [0.15, 0.2) is 35.2 Å². The first kappa shape index (κ1) is 14.0. The number of aromatic nitrogens is 1. The smallest absolute Gasteiger partial charge is 0.138 e. The second-order valence-electron chi connectivity index (χ2n) is 4.08. The van der Waals surface area contributed by atoms with Gasteiger partial charge in [-0.1, -0.05) is 0 Å². The minimum Gasteiger partial charge on any atom is -0.487 e. The van der Waals surface area contributed by atoms with Crippen molar-refractivity contribution in [3.05, 3.63) is 46.4 Å². The first-order chi connectivity index (χ1) is 9.38. The lowest BCUT2D eigenvalue weighted by Crippen LogP contribution is -2.19. The Bertz CT molecular complexity index is 457. The fraction of sp³-hybridized carbons (Fsp3) is 0.357. The quantitative estimate of drug-likeness (QED) is 0.753. The molecule has 0 amide bonds. The number of pyridine rings is 1. The average Bonchev–Trinajstić information content (AvgIpc) is 2.96. The Morgan fingerprint density at radius 1 is 1.32 bits per heavy atom. The number of nitrogens with one attached hydrogen (secondary N) is 1. The van der Waals surface area contributed by atoms with Gasteiger partial charge in [0.2, 0.25) is 0 Å². The van der Waals surface area contributed by atoms with Gasteiger partial charge in [0.05, 0.1) is 18.5 Å². The molecule has 2 aromatic rings. The van der Waals surface area contributed by atoms with Gasteiger partial charge in [-0.05, 0) is 34.5 Å². The van der Waals surface area contributed by atoms with Crippen LogP contribution >= 0.6 is 11.3 Å². The Morgan fingerprint density at radius 2 is 2.26 bits per heavy atom.